The SMILES string of the molecule is C/C=C\c1c(C)n(-c2cccc(-c3nc(-c4ccccc4)nc(-c4ccc(-c5ccc(-n6c7ccccc7c7ccccc76)c(-n6c7ccccc7c7cc(-n8c9ccccc9c9ccccc98)ccc76)c5)cc4)n3)c2)c2ccccc12. The number of hydrogen-bond acceptors (Lipinski definition) is 3. The molecular weight excluding hydrogens is 999 g/mol. The van der Waals surface area contributed by atoms with Gasteiger partial charge in [0.15, 0.2) is 17.5 Å². The number of para-hydroxylation sites is 6. The van der Waals surface area contributed by atoms with Crippen LogP contribution in [0.15, 0.2) is 267 Å². The standard InChI is InChI=1S/C75H51N7/c1-3-20-56-48(2)79(64-31-13-7-25-57(56)64)54-24-19-23-53(45-54)75-77-73(50-21-5-4-6-22-50)76-74(78-75)51-39-37-49(38-40-51)52-41-43-71(81-67-34-16-10-28-60(67)61-29-11-17-35-68(61)81)72(46-52)82-69-36-18-12-30-62(69)63-47-55(42-44-70(63)82)80-65-32-14-8-26-58(65)59-27-9-15-33-66(59)80/h3-47H,1-2H3/b20-3-. The largest absolute Gasteiger partial charge is 0.313 e. The molecule has 5 aromatic heterocycles. The maximum absolute atomic E-state index is 5.25. The van der Waals surface area contributed by atoms with Gasteiger partial charge in [-0.25, -0.2) is 15.0 Å². The Bertz CT molecular complexity index is 5140. The molecule has 0 saturated heterocycles. The van der Waals surface area contributed by atoms with Crippen LogP contribution in [-0.2, 0) is 0 Å². The molecular formula is C75H51N7. The predicted octanol–water partition coefficient (Wildman–Crippen LogP) is 19.1. The van der Waals surface area contributed by atoms with Crippen LogP contribution in [-0.4, -0.2) is 33.2 Å². The van der Waals surface area contributed by atoms with Gasteiger partial charge in [-0.15, -0.1) is 0 Å². The van der Waals surface area contributed by atoms with Gasteiger partial charge in [-0.05, 0) is 104 Å². The quantitative estimate of drug-likeness (QED) is 0.145. The molecule has 11 aromatic carbocycles. The summed E-state index contributed by atoms with van der Waals surface area (Å²) in [4.78, 5) is 15.6. The van der Waals surface area contributed by atoms with Crippen molar-refractivity contribution in [3.8, 4) is 68.0 Å². The highest BCUT2D eigenvalue weighted by molar-refractivity contribution is 6.13. The van der Waals surface area contributed by atoms with E-state index in [0.717, 1.165) is 78.2 Å². The highest BCUT2D eigenvalue weighted by atomic mass is 15.1. The van der Waals surface area contributed by atoms with Gasteiger partial charge in [-0.1, -0.05) is 194 Å². The number of allylic oxidation sites excluding steroid dienone is 1. The van der Waals surface area contributed by atoms with E-state index >= 15 is 0 Å². The zero-order valence-corrected chi connectivity index (χ0v) is 45.1. The van der Waals surface area contributed by atoms with Gasteiger partial charge in [-0.2, -0.15) is 0 Å². The Balaban J connectivity index is 0.854. The van der Waals surface area contributed by atoms with Crippen LogP contribution in [0.5, 0.6) is 0 Å². The van der Waals surface area contributed by atoms with Crippen molar-refractivity contribution >= 4 is 82.4 Å². The Morgan fingerprint density at radius 3 is 1.27 bits per heavy atom. The molecule has 0 atom stereocenters. The van der Waals surface area contributed by atoms with Gasteiger partial charge in [0.1, 0.15) is 0 Å². The third-order valence-corrected chi connectivity index (χ3v) is 16.5. The third-order valence-electron chi connectivity index (χ3n) is 16.5. The normalized spacial score (nSPS) is 12.0. The van der Waals surface area contributed by atoms with Crippen molar-refractivity contribution < 1.29 is 0 Å². The van der Waals surface area contributed by atoms with E-state index in [1.165, 1.54) is 60.0 Å². The van der Waals surface area contributed by atoms with E-state index in [1.807, 2.05) is 18.2 Å². The molecule has 0 unspecified atom stereocenters. The van der Waals surface area contributed by atoms with E-state index in [9.17, 15) is 0 Å². The molecule has 5 heterocycles. The van der Waals surface area contributed by atoms with Crippen LogP contribution in [0.25, 0.3) is 150 Å². The number of nitrogens with zero attached hydrogens (tertiary/aromatic N) is 7. The molecule has 7 nitrogen and oxygen atoms in total. The molecule has 0 saturated carbocycles. The minimum absolute atomic E-state index is 0.603. The summed E-state index contributed by atoms with van der Waals surface area (Å²) >= 11 is 0. The molecule has 0 aliphatic heterocycles. The third kappa shape index (κ3) is 7.40. The van der Waals surface area contributed by atoms with Gasteiger partial charge in [0.2, 0.25) is 0 Å². The van der Waals surface area contributed by atoms with Crippen LogP contribution in [0.1, 0.15) is 18.2 Å². The Hall–Kier alpha value is -10.9. The Morgan fingerprint density at radius 2 is 0.695 bits per heavy atom. The molecule has 7 heteroatoms. The molecule has 0 bridgehead atoms. The molecule has 82 heavy (non-hydrogen) atoms. The lowest BCUT2D eigenvalue weighted by Crippen LogP contribution is -2.04. The van der Waals surface area contributed by atoms with Crippen molar-refractivity contribution in [2.75, 3.05) is 0 Å². The van der Waals surface area contributed by atoms with E-state index in [-0.39, 0.29) is 0 Å². The summed E-state index contributed by atoms with van der Waals surface area (Å²) in [6, 6.07) is 93.8. The lowest BCUT2D eigenvalue weighted by Gasteiger charge is -2.18. The van der Waals surface area contributed by atoms with E-state index in [2.05, 4.69) is 287 Å². The van der Waals surface area contributed by atoms with Crippen LogP contribution in [0.2, 0.25) is 0 Å². The monoisotopic (exact) mass is 1050 g/mol. The zero-order chi connectivity index (χ0) is 54.4. The Kier molecular flexibility index (Phi) is 10.9. The van der Waals surface area contributed by atoms with Crippen LogP contribution in [0.4, 0.5) is 0 Å². The summed E-state index contributed by atoms with van der Waals surface area (Å²) in [6.45, 7) is 4.26. The first kappa shape index (κ1) is 47.1. The minimum Gasteiger partial charge on any atom is -0.313 e. The number of aromatic nitrogens is 7. The molecule has 0 radical (unpaired) electrons. The summed E-state index contributed by atoms with van der Waals surface area (Å²) in [5.41, 5.74) is 19.7. The molecule has 0 N–H and O–H groups in total. The van der Waals surface area contributed by atoms with Crippen LogP contribution >= 0.6 is 0 Å². The van der Waals surface area contributed by atoms with Crippen molar-refractivity contribution in [3.63, 3.8) is 0 Å². The summed E-state index contributed by atoms with van der Waals surface area (Å²) in [6.07, 6.45) is 4.31. The molecule has 0 spiro atoms. The second-order valence-corrected chi connectivity index (χ2v) is 21.1. The summed E-state index contributed by atoms with van der Waals surface area (Å²) in [5.74, 6) is 1.83. The number of fused-ring (bicyclic) bond motifs is 10. The summed E-state index contributed by atoms with van der Waals surface area (Å²) in [5, 5.41) is 8.51. The van der Waals surface area contributed by atoms with Gasteiger partial charge in [0.25, 0.3) is 0 Å². The maximum Gasteiger partial charge on any atom is 0.164 e. The lowest BCUT2D eigenvalue weighted by molar-refractivity contribution is 1.04. The van der Waals surface area contributed by atoms with Crippen molar-refractivity contribution in [2.45, 2.75) is 13.8 Å². The summed E-state index contributed by atoms with van der Waals surface area (Å²) < 4.78 is 9.67. The second kappa shape index (κ2) is 18.9. The lowest BCUT2D eigenvalue weighted by atomic mass is 10.0. The molecule has 16 aromatic rings. The average molecular weight is 1050 g/mol. The van der Waals surface area contributed by atoms with Crippen LogP contribution in [0.3, 0.4) is 0 Å². The van der Waals surface area contributed by atoms with Crippen LogP contribution < -0.4 is 0 Å². The highest BCUT2D eigenvalue weighted by Gasteiger charge is 2.23. The number of hydrogen-bond donors (Lipinski definition) is 0. The van der Waals surface area contributed by atoms with Gasteiger partial charge >= 0.3 is 0 Å². The number of benzene rings is 11. The Morgan fingerprint density at radius 1 is 0.280 bits per heavy atom. The van der Waals surface area contributed by atoms with E-state index in [4.69, 9.17) is 15.0 Å². The molecule has 0 fully saturated rings. The maximum atomic E-state index is 5.25. The first-order valence-corrected chi connectivity index (χ1v) is 28.0. The molecule has 386 valence electrons. The first-order chi connectivity index (χ1) is 40.6. The predicted molar refractivity (Wildman–Crippen MR) is 341 cm³/mol. The van der Waals surface area contributed by atoms with E-state index in [0.29, 0.717) is 17.5 Å². The van der Waals surface area contributed by atoms with Gasteiger partial charge in [-0.3, -0.25) is 0 Å². The molecule has 0 aliphatic carbocycles. The zero-order valence-electron chi connectivity index (χ0n) is 45.1. The molecule has 0 amide bonds. The fourth-order valence-electron chi connectivity index (χ4n) is 12.9. The first-order valence-electron chi connectivity index (χ1n) is 28.0. The van der Waals surface area contributed by atoms with Crippen LogP contribution in [0, 0.1) is 6.92 Å². The smallest absolute Gasteiger partial charge is 0.164 e. The van der Waals surface area contributed by atoms with Gasteiger partial charge in [0, 0.05) is 77.0 Å². The second-order valence-electron chi connectivity index (χ2n) is 21.1. The average Bonchev–Trinajstić information content (AvgIpc) is 4.27. The number of rotatable bonds is 9. The molecule has 0 aliphatic rings. The van der Waals surface area contributed by atoms with Crippen molar-refractivity contribution in [1.82, 2.24) is 33.2 Å². The highest BCUT2D eigenvalue weighted by Crippen LogP contribution is 2.42. The van der Waals surface area contributed by atoms with Crippen molar-refractivity contribution in [2.24, 2.45) is 0 Å². The van der Waals surface area contributed by atoms with Crippen molar-refractivity contribution in [3.05, 3.63) is 278 Å². The molecule has 16 rings (SSSR count). The topological polar surface area (TPSA) is 58.4 Å². The summed E-state index contributed by atoms with van der Waals surface area (Å²) in [7, 11) is 0. The minimum atomic E-state index is 0.603. The Labute approximate surface area is 473 Å². The fourth-order valence-corrected chi connectivity index (χ4v) is 12.9. The van der Waals surface area contributed by atoms with E-state index < -0.39 is 0 Å². The van der Waals surface area contributed by atoms with E-state index in [1.54, 1.807) is 0 Å². The van der Waals surface area contributed by atoms with Gasteiger partial charge in [0.05, 0.1) is 50.0 Å². The fraction of sp³-hybridized carbons (Fsp3) is 0.0267. The van der Waals surface area contributed by atoms with Gasteiger partial charge < -0.3 is 18.3 Å². The van der Waals surface area contributed by atoms with Crippen molar-refractivity contribution in [1.29, 1.82) is 0 Å².